The minimum absolute atomic E-state index is 0.160. The quantitative estimate of drug-likeness (QED) is 0.525. The molecule has 122 valence electrons. The molecular formula is C18H17N3OS2. The van der Waals surface area contributed by atoms with Crippen LogP contribution in [0.15, 0.2) is 58.9 Å². The standard InChI is InChI=1S/C18H17N3OS2/c1-13-7-9-15(10-8-13)16(22)19-17-20-21-18(24-17)23-12-11-14-5-3-2-4-6-14/h2-10H,11-12H2,1H3,(H,19,20,22). The maximum absolute atomic E-state index is 12.2. The van der Waals surface area contributed by atoms with Gasteiger partial charge in [-0.2, -0.15) is 0 Å². The molecule has 0 aliphatic rings. The van der Waals surface area contributed by atoms with Crippen molar-refractivity contribution in [3.05, 3.63) is 71.3 Å². The summed E-state index contributed by atoms with van der Waals surface area (Å²) in [5.74, 6) is 0.775. The van der Waals surface area contributed by atoms with E-state index in [1.165, 1.54) is 16.9 Å². The van der Waals surface area contributed by atoms with Crippen molar-refractivity contribution in [2.75, 3.05) is 11.1 Å². The molecule has 24 heavy (non-hydrogen) atoms. The molecule has 3 aromatic rings. The fraction of sp³-hybridized carbons (Fsp3) is 0.167. The molecule has 0 spiro atoms. The highest BCUT2D eigenvalue weighted by Gasteiger charge is 2.10. The Hall–Kier alpha value is -2.18. The molecule has 0 unspecified atom stereocenters. The third-order valence-electron chi connectivity index (χ3n) is 3.40. The Bertz CT molecular complexity index is 801. The molecule has 0 bridgehead atoms. The topological polar surface area (TPSA) is 54.9 Å². The number of rotatable bonds is 6. The summed E-state index contributed by atoms with van der Waals surface area (Å²) in [7, 11) is 0. The van der Waals surface area contributed by atoms with Crippen molar-refractivity contribution in [3.8, 4) is 0 Å². The van der Waals surface area contributed by atoms with Crippen molar-refractivity contribution in [2.45, 2.75) is 17.7 Å². The Morgan fingerprint density at radius 3 is 2.58 bits per heavy atom. The summed E-state index contributed by atoms with van der Waals surface area (Å²) in [6.07, 6.45) is 0.982. The maximum atomic E-state index is 12.2. The minimum Gasteiger partial charge on any atom is -0.296 e. The zero-order valence-corrected chi connectivity index (χ0v) is 14.9. The minimum atomic E-state index is -0.160. The summed E-state index contributed by atoms with van der Waals surface area (Å²) in [6.45, 7) is 1.99. The lowest BCUT2D eigenvalue weighted by atomic mass is 10.1. The van der Waals surface area contributed by atoms with Crippen molar-refractivity contribution in [2.24, 2.45) is 0 Å². The van der Waals surface area contributed by atoms with E-state index in [0.29, 0.717) is 10.7 Å². The molecule has 1 N–H and O–H groups in total. The highest BCUT2D eigenvalue weighted by atomic mass is 32.2. The molecule has 1 amide bonds. The van der Waals surface area contributed by atoms with Crippen LogP contribution in [0.5, 0.6) is 0 Å². The van der Waals surface area contributed by atoms with Crippen LogP contribution in [0.2, 0.25) is 0 Å². The van der Waals surface area contributed by atoms with Crippen LogP contribution in [-0.4, -0.2) is 21.9 Å². The lowest BCUT2D eigenvalue weighted by Gasteiger charge is -2.01. The molecule has 0 saturated carbocycles. The Kier molecular flexibility index (Phi) is 5.61. The molecule has 0 fully saturated rings. The molecule has 2 aromatic carbocycles. The summed E-state index contributed by atoms with van der Waals surface area (Å²) < 4.78 is 0.866. The Morgan fingerprint density at radius 1 is 1.08 bits per heavy atom. The van der Waals surface area contributed by atoms with Gasteiger partial charge in [-0.05, 0) is 31.0 Å². The van der Waals surface area contributed by atoms with Gasteiger partial charge in [-0.1, -0.05) is 71.1 Å². The number of benzene rings is 2. The monoisotopic (exact) mass is 355 g/mol. The molecule has 3 rings (SSSR count). The fourth-order valence-electron chi connectivity index (χ4n) is 2.09. The average Bonchev–Trinajstić information content (AvgIpc) is 3.04. The van der Waals surface area contributed by atoms with Gasteiger partial charge < -0.3 is 0 Å². The second-order valence-corrected chi connectivity index (χ2v) is 7.60. The van der Waals surface area contributed by atoms with E-state index in [1.807, 2.05) is 37.3 Å². The van der Waals surface area contributed by atoms with E-state index in [-0.39, 0.29) is 5.91 Å². The predicted octanol–water partition coefficient (Wildman–Crippen LogP) is 4.43. The number of hydrogen-bond donors (Lipinski definition) is 1. The van der Waals surface area contributed by atoms with E-state index >= 15 is 0 Å². The SMILES string of the molecule is Cc1ccc(C(=O)Nc2nnc(SCCc3ccccc3)s2)cc1. The number of aryl methyl sites for hydroxylation is 2. The first-order valence-electron chi connectivity index (χ1n) is 7.59. The molecule has 0 aliphatic carbocycles. The first-order chi connectivity index (χ1) is 11.7. The number of thioether (sulfide) groups is 1. The van der Waals surface area contributed by atoms with Gasteiger partial charge in [0.25, 0.3) is 5.91 Å². The Labute approximate surface area is 149 Å². The van der Waals surface area contributed by atoms with Gasteiger partial charge in [0.15, 0.2) is 4.34 Å². The summed E-state index contributed by atoms with van der Waals surface area (Å²) >= 11 is 3.06. The molecule has 0 atom stereocenters. The van der Waals surface area contributed by atoms with Gasteiger partial charge >= 0.3 is 0 Å². The highest BCUT2D eigenvalue weighted by Crippen LogP contribution is 2.26. The molecule has 0 aliphatic heterocycles. The van der Waals surface area contributed by atoms with Gasteiger partial charge in [-0.15, -0.1) is 10.2 Å². The fourth-order valence-corrected chi connectivity index (χ4v) is 3.90. The molecule has 4 nitrogen and oxygen atoms in total. The van der Waals surface area contributed by atoms with Crippen LogP contribution in [-0.2, 0) is 6.42 Å². The van der Waals surface area contributed by atoms with Crippen LogP contribution >= 0.6 is 23.1 Å². The lowest BCUT2D eigenvalue weighted by molar-refractivity contribution is 0.102. The summed E-state index contributed by atoms with van der Waals surface area (Å²) in [4.78, 5) is 12.2. The van der Waals surface area contributed by atoms with Gasteiger partial charge in [0.2, 0.25) is 5.13 Å². The van der Waals surface area contributed by atoms with Crippen LogP contribution < -0.4 is 5.32 Å². The number of carbonyl (C=O) groups is 1. The normalized spacial score (nSPS) is 10.5. The first kappa shape index (κ1) is 16.7. The second-order valence-electron chi connectivity index (χ2n) is 5.28. The number of carbonyl (C=O) groups excluding carboxylic acids is 1. The van der Waals surface area contributed by atoms with Crippen LogP contribution in [0.25, 0.3) is 0 Å². The van der Waals surface area contributed by atoms with E-state index < -0.39 is 0 Å². The van der Waals surface area contributed by atoms with Gasteiger partial charge in [0, 0.05) is 11.3 Å². The van der Waals surface area contributed by atoms with Crippen molar-refractivity contribution in [1.29, 1.82) is 0 Å². The van der Waals surface area contributed by atoms with Crippen LogP contribution in [0.4, 0.5) is 5.13 Å². The van der Waals surface area contributed by atoms with Crippen molar-refractivity contribution >= 4 is 34.1 Å². The van der Waals surface area contributed by atoms with Gasteiger partial charge in [0.1, 0.15) is 0 Å². The van der Waals surface area contributed by atoms with Crippen molar-refractivity contribution in [1.82, 2.24) is 10.2 Å². The van der Waals surface area contributed by atoms with Gasteiger partial charge in [-0.25, -0.2) is 0 Å². The number of anilines is 1. The van der Waals surface area contributed by atoms with Gasteiger partial charge in [0.05, 0.1) is 0 Å². The summed E-state index contributed by atoms with van der Waals surface area (Å²) in [5, 5.41) is 11.5. The zero-order chi connectivity index (χ0) is 16.8. The van der Waals surface area contributed by atoms with Crippen LogP contribution in [0.3, 0.4) is 0 Å². The molecule has 0 radical (unpaired) electrons. The Balaban J connectivity index is 1.51. The number of nitrogens with zero attached hydrogens (tertiary/aromatic N) is 2. The van der Waals surface area contributed by atoms with Gasteiger partial charge in [-0.3, -0.25) is 10.1 Å². The summed E-state index contributed by atoms with van der Waals surface area (Å²) in [5.41, 5.74) is 3.05. The average molecular weight is 355 g/mol. The number of amides is 1. The van der Waals surface area contributed by atoms with E-state index in [2.05, 4.69) is 27.6 Å². The molecule has 1 aromatic heterocycles. The van der Waals surface area contributed by atoms with E-state index in [1.54, 1.807) is 23.9 Å². The van der Waals surface area contributed by atoms with Crippen molar-refractivity contribution in [3.63, 3.8) is 0 Å². The molecule has 6 heteroatoms. The van der Waals surface area contributed by atoms with Crippen molar-refractivity contribution < 1.29 is 4.79 Å². The first-order valence-corrected chi connectivity index (χ1v) is 9.39. The molecular weight excluding hydrogens is 338 g/mol. The second kappa shape index (κ2) is 8.08. The molecule has 0 saturated heterocycles. The third-order valence-corrected chi connectivity index (χ3v) is 5.37. The van der Waals surface area contributed by atoms with Crippen LogP contribution in [0, 0.1) is 6.92 Å². The lowest BCUT2D eigenvalue weighted by Crippen LogP contribution is -2.11. The van der Waals surface area contributed by atoms with Crippen LogP contribution in [0.1, 0.15) is 21.5 Å². The maximum Gasteiger partial charge on any atom is 0.257 e. The van der Waals surface area contributed by atoms with E-state index in [0.717, 1.165) is 22.1 Å². The smallest absolute Gasteiger partial charge is 0.257 e. The Morgan fingerprint density at radius 2 is 1.83 bits per heavy atom. The third kappa shape index (κ3) is 4.66. The highest BCUT2D eigenvalue weighted by molar-refractivity contribution is 8.01. The number of aromatic nitrogens is 2. The number of hydrogen-bond acceptors (Lipinski definition) is 5. The summed E-state index contributed by atoms with van der Waals surface area (Å²) in [6, 6.07) is 17.8. The zero-order valence-electron chi connectivity index (χ0n) is 13.2. The van der Waals surface area contributed by atoms with E-state index in [9.17, 15) is 4.79 Å². The predicted molar refractivity (Wildman–Crippen MR) is 99.9 cm³/mol. The number of nitrogens with one attached hydrogen (secondary N) is 1. The van der Waals surface area contributed by atoms with E-state index in [4.69, 9.17) is 0 Å². The molecule has 1 heterocycles. The largest absolute Gasteiger partial charge is 0.296 e.